The number of hydrogen-bond donors (Lipinski definition) is 2. The van der Waals surface area contributed by atoms with Gasteiger partial charge in [0.2, 0.25) is 0 Å². The number of hydrogen-bond acceptors (Lipinski definition) is 4. The SMILES string of the molecule is Cn1nc(C2CCCNC2)c2ccc(C3CCN(CC4CCNCC4)CC3(F)F)cc21. The van der Waals surface area contributed by atoms with E-state index in [1.165, 1.54) is 0 Å². The third-order valence-electron chi connectivity index (χ3n) is 7.64. The molecule has 3 aliphatic rings. The predicted octanol–water partition coefficient (Wildman–Crippen LogP) is 3.46. The molecule has 3 saturated heterocycles. The summed E-state index contributed by atoms with van der Waals surface area (Å²) in [7, 11) is 1.94. The Labute approximate surface area is 183 Å². The van der Waals surface area contributed by atoms with E-state index in [1.807, 2.05) is 34.8 Å². The smallest absolute Gasteiger partial charge is 0.267 e. The minimum Gasteiger partial charge on any atom is -0.317 e. The molecule has 1 aromatic heterocycles. The standard InChI is InChI=1S/C24H35F2N5/c1-30-22-13-18(4-5-20(22)23(29-30)19-3-2-9-28-14-19)21-8-12-31(16-24(21,25)26)15-17-6-10-27-11-7-17/h4-5,13,17,19,21,27-28H,2-3,6-12,14-16H2,1H3. The van der Waals surface area contributed by atoms with Crippen LogP contribution < -0.4 is 10.6 Å². The summed E-state index contributed by atoms with van der Waals surface area (Å²) in [5.41, 5.74) is 2.85. The van der Waals surface area contributed by atoms with Gasteiger partial charge in [0, 0.05) is 31.4 Å². The topological polar surface area (TPSA) is 45.1 Å². The molecule has 3 aliphatic heterocycles. The molecule has 7 heteroatoms. The highest BCUT2D eigenvalue weighted by Gasteiger charge is 2.45. The number of benzene rings is 1. The lowest BCUT2D eigenvalue weighted by molar-refractivity contribution is -0.0860. The van der Waals surface area contributed by atoms with Gasteiger partial charge in [0.05, 0.1) is 23.7 Å². The second-order valence-corrected chi connectivity index (χ2v) is 9.86. The number of piperidine rings is 3. The van der Waals surface area contributed by atoms with Crippen LogP contribution in [0.2, 0.25) is 0 Å². The number of halogens is 2. The Morgan fingerprint density at radius 1 is 1.10 bits per heavy atom. The van der Waals surface area contributed by atoms with Gasteiger partial charge in [-0.25, -0.2) is 8.78 Å². The lowest BCUT2D eigenvalue weighted by Crippen LogP contribution is -2.49. The van der Waals surface area contributed by atoms with Crippen molar-refractivity contribution in [2.75, 3.05) is 45.8 Å². The molecule has 0 saturated carbocycles. The summed E-state index contributed by atoms with van der Waals surface area (Å²) in [5, 5.41) is 12.7. The number of aryl methyl sites for hydroxylation is 1. The number of likely N-dealkylation sites (tertiary alicyclic amines) is 1. The minimum atomic E-state index is -2.70. The molecule has 2 atom stereocenters. The van der Waals surface area contributed by atoms with Crippen molar-refractivity contribution in [3.8, 4) is 0 Å². The van der Waals surface area contributed by atoms with Gasteiger partial charge in [0.25, 0.3) is 5.92 Å². The first-order chi connectivity index (χ1) is 15.0. The summed E-state index contributed by atoms with van der Waals surface area (Å²) >= 11 is 0. The fourth-order valence-corrected chi connectivity index (χ4v) is 5.91. The van der Waals surface area contributed by atoms with E-state index in [1.54, 1.807) is 0 Å². The first kappa shape index (κ1) is 21.3. The van der Waals surface area contributed by atoms with Gasteiger partial charge < -0.3 is 10.6 Å². The zero-order valence-corrected chi connectivity index (χ0v) is 18.5. The zero-order chi connectivity index (χ0) is 21.4. The van der Waals surface area contributed by atoms with Crippen molar-refractivity contribution in [1.82, 2.24) is 25.3 Å². The second kappa shape index (κ2) is 8.75. The molecule has 2 unspecified atom stereocenters. The molecule has 170 valence electrons. The van der Waals surface area contributed by atoms with Crippen LogP contribution in [-0.2, 0) is 7.05 Å². The van der Waals surface area contributed by atoms with Gasteiger partial charge in [0.15, 0.2) is 0 Å². The van der Waals surface area contributed by atoms with Crippen LogP contribution in [-0.4, -0.2) is 66.4 Å². The Kier molecular flexibility index (Phi) is 6.01. The monoisotopic (exact) mass is 431 g/mol. The maximum atomic E-state index is 15.3. The van der Waals surface area contributed by atoms with Gasteiger partial charge in [-0.05, 0) is 75.8 Å². The molecule has 0 spiro atoms. The Morgan fingerprint density at radius 2 is 1.94 bits per heavy atom. The van der Waals surface area contributed by atoms with Crippen LogP contribution >= 0.6 is 0 Å². The summed E-state index contributed by atoms with van der Waals surface area (Å²) in [6, 6.07) is 5.95. The van der Waals surface area contributed by atoms with Crippen LogP contribution in [0.3, 0.4) is 0 Å². The van der Waals surface area contributed by atoms with Crippen molar-refractivity contribution in [3.05, 3.63) is 29.5 Å². The van der Waals surface area contributed by atoms with Crippen molar-refractivity contribution in [1.29, 1.82) is 0 Å². The van der Waals surface area contributed by atoms with Crippen molar-refractivity contribution < 1.29 is 8.78 Å². The number of rotatable bonds is 4. The van der Waals surface area contributed by atoms with Gasteiger partial charge >= 0.3 is 0 Å². The average Bonchev–Trinajstić information content (AvgIpc) is 3.10. The largest absolute Gasteiger partial charge is 0.317 e. The molecule has 0 bridgehead atoms. The van der Waals surface area contributed by atoms with Crippen molar-refractivity contribution in [2.45, 2.75) is 49.9 Å². The van der Waals surface area contributed by atoms with Gasteiger partial charge in [-0.1, -0.05) is 12.1 Å². The van der Waals surface area contributed by atoms with Crippen LogP contribution in [0.25, 0.3) is 10.9 Å². The molecule has 5 nitrogen and oxygen atoms in total. The number of fused-ring (bicyclic) bond motifs is 1. The number of nitrogens with zero attached hydrogens (tertiary/aromatic N) is 3. The summed E-state index contributed by atoms with van der Waals surface area (Å²) in [6.45, 7) is 5.49. The predicted molar refractivity (Wildman–Crippen MR) is 120 cm³/mol. The molecule has 1 aromatic carbocycles. The maximum absolute atomic E-state index is 15.3. The van der Waals surface area contributed by atoms with Crippen molar-refractivity contribution >= 4 is 10.9 Å². The highest BCUT2D eigenvalue weighted by molar-refractivity contribution is 5.83. The maximum Gasteiger partial charge on any atom is 0.267 e. The summed E-state index contributed by atoms with van der Waals surface area (Å²) in [4.78, 5) is 2.00. The van der Waals surface area contributed by atoms with E-state index in [-0.39, 0.29) is 6.54 Å². The molecule has 31 heavy (non-hydrogen) atoms. The molecule has 3 fully saturated rings. The molecule has 2 N–H and O–H groups in total. The van der Waals surface area contributed by atoms with Gasteiger partial charge in [-0.15, -0.1) is 0 Å². The van der Waals surface area contributed by atoms with E-state index in [0.29, 0.717) is 18.3 Å². The van der Waals surface area contributed by atoms with Crippen LogP contribution in [0, 0.1) is 5.92 Å². The Hall–Kier alpha value is -1.57. The molecule has 0 amide bonds. The highest BCUT2D eigenvalue weighted by Crippen LogP contribution is 2.42. The summed E-state index contributed by atoms with van der Waals surface area (Å²) < 4.78 is 32.4. The van der Waals surface area contributed by atoms with Gasteiger partial charge in [0.1, 0.15) is 0 Å². The molecule has 0 radical (unpaired) electrons. The second-order valence-electron chi connectivity index (χ2n) is 9.86. The first-order valence-electron chi connectivity index (χ1n) is 12.0. The molecular weight excluding hydrogens is 396 g/mol. The molecule has 5 rings (SSSR count). The lowest BCUT2D eigenvalue weighted by atomic mass is 9.84. The fraction of sp³-hybridized carbons (Fsp3) is 0.708. The fourth-order valence-electron chi connectivity index (χ4n) is 5.91. The van der Waals surface area contributed by atoms with E-state index in [0.717, 1.165) is 87.1 Å². The highest BCUT2D eigenvalue weighted by atomic mass is 19.3. The molecule has 4 heterocycles. The van der Waals surface area contributed by atoms with Gasteiger partial charge in [-0.2, -0.15) is 5.10 Å². The lowest BCUT2D eigenvalue weighted by Gasteiger charge is -2.40. The third kappa shape index (κ3) is 4.37. The van der Waals surface area contributed by atoms with E-state index in [9.17, 15) is 0 Å². The van der Waals surface area contributed by atoms with Crippen molar-refractivity contribution in [3.63, 3.8) is 0 Å². The van der Waals surface area contributed by atoms with E-state index >= 15 is 8.78 Å². The Morgan fingerprint density at radius 3 is 2.68 bits per heavy atom. The van der Waals surface area contributed by atoms with E-state index in [4.69, 9.17) is 5.10 Å². The quantitative estimate of drug-likeness (QED) is 0.778. The zero-order valence-electron chi connectivity index (χ0n) is 18.5. The van der Waals surface area contributed by atoms with Crippen LogP contribution in [0.15, 0.2) is 18.2 Å². The van der Waals surface area contributed by atoms with Gasteiger partial charge in [-0.3, -0.25) is 9.58 Å². The molecule has 2 aromatic rings. The number of aromatic nitrogens is 2. The Balaban J connectivity index is 1.33. The van der Waals surface area contributed by atoms with E-state index < -0.39 is 11.8 Å². The normalized spacial score (nSPS) is 28.2. The third-order valence-corrected chi connectivity index (χ3v) is 7.64. The average molecular weight is 432 g/mol. The van der Waals surface area contributed by atoms with Crippen LogP contribution in [0.5, 0.6) is 0 Å². The Bertz CT molecular complexity index is 899. The molecule has 0 aliphatic carbocycles. The molecular formula is C24H35F2N5. The summed E-state index contributed by atoms with van der Waals surface area (Å²) in [5.74, 6) is -2.46. The number of alkyl halides is 2. The first-order valence-corrected chi connectivity index (χ1v) is 12.0. The number of nitrogens with one attached hydrogen (secondary N) is 2. The summed E-state index contributed by atoms with van der Waals surface area (Å²) in [6.07, 6.45) is 5.00. The van der Waals surface area contributed by atoms with Crippen LogP contribution in [0.4, 0.5) is 8.78 Å². The van der Waals surface area contributed by atoms with Crippen LogP contribution in [0.1, 0.15) is 55.2 Å². The van der Waals surface area contributed by atoms with Crippen molar-refractivity contribution in [2.24, 2.45) is 13.0 Å². The minimum absolute atomic E-state index is 0.121. The van der Waals surface area contributed by atoms with E-state index in [2.05, 4.69) is 10.6 Å².